The third-order valence-corrected chi connectivity index (χ3v) is 4.50. The summed E-state index contributed by atoms with van der Waals surface area (Å²) in [6, 6.07) is 4.61. The lowest BCUT2D eigenvalue weighted by molar-refractivity contribution is 0.0974. The minimum atomic E-state index is -0.236. The summed E-state index contributed by atoms with van der Waals surface area (Å²) in [5.74, 6) is 0.151. The molecular weight excluding hydrogens is 336 g/mol. The number of ketones is 1. The maximum atomic E-state index is 12.7. The average molecular weight is 358 g/mol. The second-order valence-electron chi connectivity index (χ2n) is 6.18. The molecule has 6 heteroatoms. The molecule has 1 heterocycles. The fourth-order valence-electron chi connectivity index (χ4n) is 3.18. The van der Waals surface area contributed by atoms with E-state index in [0.29, 0.717) is 34.1 Å². The molecule has 1 aromatic heterocycles. The van der Waals surface area contributed by atoms with Gasteiger partial charge >= 0.3 is 0 Å². The van der Waals surface area contributed by atoms with Crippen LogP contribution in [0.25, 0.3) is 21.9 Å². The maximum Gasteiger partial charge on any atom is 0.170 e. The van der Waals surface area contributed by atoms with Gasteiger partial charge in [0.15, 0.2) is 5.78 Å². The van der Waals surface area contributed by atoms with E-state index in [1.54, 1.807) is 12.1 Å². The Kier molecular flexibility index (Phi) is 4.93. The highest BCUT2D eigenvalue weighted by atomic mass is 16.5. The molecule has 0 spiro atoms. The number of unbranched alkanes of at least 4 members (excludes halogenated alkanes) is 2. The highest BCUT2D eigenvalue weighted by molar-refractivity contribution is 6.16. The molecule has 2 N–H and O–H groups in total. The number of carbonyl (C=O) groups excluding carboxylic acids is 1. The molecule has 0 radical (unpaired) electrons. The van der Waals surface area contributed by atoms with E-state index >= 15 is 0 Å². The van der Waals surface area contributed by atoms with Gasteiger partial charge in [0.1, 0.15) is 39.7 Å². The summed E-state index contributed by atoms with van der Waals surface area (Å²) in [4.78, 5) is 12.7. The van der Waals surface area contributed by atoms with Gasteiger partial charge in [-0.3, -0.25) is 4.79 Å². The Morgan fingerprint density at radius 1 is 1.04 bits per heavy atom. The molecule has 2 aromatic carbocycles. The number of phenolic OH excluding ortho intramolecular Hbond substituents is 2. The minimum absolute atomic E-state index is 0.0945. The van der Waals surface area contributed by atoms with E-state index in [9.17, 15) is 15.0 Å². The predicted octanol–water partition coefficient (Wildman–Crippen LogP) is 4.78. The van der Waals surface area contributed by atoms with E-state index in [4.69, 9.17) is 13.9 Å². The number of Topliss-reactive ketones (excluding diaryl/α,β-unsaturated/α-hetero) is 1. The lowest BCUT2D eigenvalue weighted by atomic mass is 9.99. The molecule has 138 valence electrons. The fourth-order valence-corrected chi connectivity index (χ4v) is 3.18. The third-order valence-electron chi connectivity index (χ3n) is 4.50. The number of benzene rings is 2. The molecule has 6 nitrogen and oxygen atoms in total. The first-order valence-electron chi connectivity index (χ1n) is 8.58. The van der Waals surface area contributed by atoms with Crippen LogP contribution in [0.2, 0.25) is 0 Å². The van der Waals surface area contributed by atoms with E-state index in [1.807, 2.05) is 0 Å². The Morgan fingerprint density at radius 2 is 1.77 bits per heavy atom. The van der Waals surface area contributed by atoms with Crippen LogP contribution in [-0.4, -0.2) is 30.2 Å². The number of furan rings is 1. The van der Waals surface area contributed by atoms with Gasteiger partial charge in [-0.1, -0.05) is 19.8 Å². The summed E-state index contributed by atoms with van der Waals surface area (Å²) in [6.45, 7) is 2.06. The van der Waals surface area contributed by atoms with Crippen LogP contribution < -0.4 is 9.47 Å². The Bertz CT molecular complexity index is 970. The zero-order valence-electron chi connectivity index (χ0n) is 15.1. The van der Waals surface area contributed by atoms with Crippen molar-refractivity contribution < 1.29 is 28.9 Å². The monoisotopic (exact) mass is 358 g/mol. The molecule has 3 rings (SSSR count). The van der Waals surface area contributed by atoms with Gasteiger partial charge < -0.3 is 24.1 Å². The number of phenols is 2. The summed E-state index contributed by atoms with van der Waals surface area (Å²) < 4.78 is 16.2. The summed E-state index contributed by atoms with van der Waals surface area (Å²) >= 11 is 0. The van der Waals surface area contributed by atoms with E-state index in [2.05, 4.69) is 6.92 Å². The van der Waals surface area contributed by atoms with E-state index in [0.717, 1.165) is 19.3 Å². The summed E-state index contributed by atoms with van der Waals surface area (Å²) in [5.41, 5.74) is 0.793. The normalized spacial score (nSPS) is 11.2. The molecule has 0 bridgehead atoms. The molecule has 26 heavy (non-hydrogen) atoms. The standard InChI is InChI=1S/C20H22O6/c1-4-5-6-7-12(21)18-14(25-3)10-16-19(20(18)23)17-13(22)8-11(24-2)9-15(17)26-16/h8-10,22-23H,4-7H2,1-3H3. The number of fused-ring (bicyclic) bond motifs is 3. The van der Waals surface area contributed by atoms with E-state index in [-0.39, 0.29) is 28.6 Å². The molecule has 0 aliphatic carbocycles. The first kappa shape index (κ1) is 17.9. The Hall–Kier alpha value is -2.89. The maximum absolute atomic E-state index is 12.7. The average Bonchev–Trinajstić information content (AvgIpc) is 3.00. The van der Waals surface area contributed by atoms with Crippen molar-refractivity contribution >= 4 is 27.7 Å². The molecule has 0 aliphatic heterocycles. The topological polar surface area (TPSA) is 89.1 Å². The zero-order valence-corrected chi connectivity index (χ0v) is 15.1. The zero-order chi connectivity index (χ0) is 18.8. The van der Waals surface area contributed by atoms with Crippen molar-refractivity contribution in [1.29, 1.82) is 0 Å². The Labute approximate surface area is 150 Å². The number of rotatable bonds is 7. The highest BCUT2D eigenvalue weighted by Crippen LogP contribution is 2.46. The molecule has 0 unspecified atom stereocenters. The van der Waals surface area contributed by atoms with Crippen LogP contribution in [0.5, 0.6) is 23.0 Å². The summed E-state index contributed by atoms with van der Waals surface area (Å²) in [5, 5.41) is 21.8. The first-order chi connectivity index (χ1) is 12.5. The van der Waals surface area contributed by atoms with Gasteiger partial charge in [-0.05, 0) is 6.42 Å². The smallest absolute Gasteiger partial charge is 0.170 e. The van der Waals surface area contributed by atoms with Crippen LogP contribution in [0.4, 0.5) is 0 Å². The van der Waals surface area contributed by atoms with Crippen LogP contribution in [0, 0.1) is 0 Å². The van der Waals surface area contributed by atoms with Gasteiger partial charge in [-0.25, -0.2) is 0 Å². The molecular formula is C20H22O6. The molecule has 0 aliphatic rings. The first-order valence-corrected chi connectivity index (χ1v) is 8.58. The van der Waals surface area contributed by atoms with Crippen LogP contribution in [0.1, 0.15) is 43.0 Å². The third kappa shape index (κ3) is 2.92. The molecule has 0 saturated heterocycles. The Morgan fingerprint density at radius 3 is 2.42 bits per heavy atom. The molecule has 0 amide bonds. The number of aromatic hydroxyl groups is 2. The fraction of sp³-hybridized carbons (Fsp3) is 0.350. The van der Waals surface area contributed by atoms with Crippen molar-refractivity contribution in [2.24, 2.45) is 0 Å². The lowest BCUT2D eigenvalue weighted by Gasteiger charge is -2.10. The number of methoxy groups -OCH3 is 2. The van der Waals surface area contributed by atoms with Gasteiger partial charge in [-0.15, -0.1) is 0 Å². The number of hydrogen-bond acceptors (Lipinski definition) is 6. The number of carbonyl (C=O) groups is 1. The second-order valence-corrected chi connectivity index (χ2v) is 6.18. The summed E-state index contributed by atoms with van der Waals surface area (Å²) in [7, 11) is 2.92. The Balaban J connectivity index is 2.24. The largest absolute Gasteiger partial charge is 0.507 e. The van der Waals surface area contributed by atoms with E-state index < -0.39 is 0 Å². The SMILES string of the molecule is CCCCCC(=O)c1c(OC)cc2oc3cc(OC)cc(O)c3c2c1O. The van der Waals surface area contributed by atoms with Crippen LogP contribution in [0.3, 0.4) is 0 Å². The molecule has 0 fully saturated rings. The number of ether oxygens (including phenoxy) is 2. The highest BCUT2D eigenvalue weighted by Gasteiger charge is 2.25. The van der Waals surface area contributed by atoms with Crippen molar-refractivity contribution in [1.82, 2.24) is 0 Å². The predicted molar refractivity (Wildman–Crippen MR) is 98.6 cm³/mol. The number of hydrogen-bond donors (Lipinski definition) is 2. The molecule has 3 aromatic rings. The van der Waals surface area contributed by atoms with Crippen molar-refractivity contribution in [3.63, 3.8) is 0 Å². The second kappa shape index (κ2) is 7.15. The quantitative estimate of drug-likeness (QED) is 0.467. The van der Waals surface area contributed by atoms with Crippen molar-refractivity contribution in [3.05, 3.63) is 23.8 Å². The van der Waals surface area contributed by atoms with Crippen molar-refractivity contribution in [3.8, 4) is 23.0 Å². The van der Waals surface area contributed by atoms with Gasteiger partial charge in [0.2, 0.25) is 0 Å². The minimum Gasteiger partial charge on any atom is -0.507 e. The van der Waals surface area contributed by atoms with Crippen LogP contribution >= 0.6 is 0 Å². The van der Waals surface area contributed by atoms with E-state index in [1.165, 1.54) is 20.3 Å². The van der Waals surface area contributed by atoms with Crippen LogP contribution in [0.15, 0.2) is 22.6 Å². The van der Waals surface area contributed by atoms with Crippen molar-refractivity contribution in [2.75, 3.05) is 14.2 Å². The molecule has 0 saturated carbocycles. The van der Waals surface area contributed by atoms with Gasteiger partial charge in [0.25, 0.3) is 0 Å². The summed E-state index contributed by atoms with van der Waals surface area (Å²) in [6.07, 6.45) is 2.99. The molecule has 0 atom stereocenters. The van der Waals surface area contributed by atoms with Crippen LogP contribution in [-0.2, 0) is 0 Å². The van der Waals surface area contributed by atoms with Gasteiger partial charge in [0.05, 0.1) is 25.0 Å². The van der Waals surface area contributed by atoms with Gasteiger partial charge in [-0.2, -0.15) is 0 Å². The van der Waals surface area contributed by atoms with Gasteiger partial charge in [0, 0.05) is 24.6 Å². The van der Waals surface area contributed by atoms with Crippen molar-refractivity contribution in [2.45, 2.75) is 32.6 Å². The lowest BCUT2D eigenvalue weighted by Crippen LogP contribution is -2.03.